The Morgan fingerprint density at radius 1 is 0.957 bits per heavy atom. The molecule has 2 rings (SSSR count). The minimum absolute atomic E-state index is 0.132. The Balaban J connectivity index is 2.72. The van der Waals surface area contributed by atoms with Crippen molar-refractivity contribution in [1.29, 1.82) is 0 Å². The first-order valence-corrected chi connectivity index (χ1v) is 10.2. The van der Waals surface area contributed by atoms with E-state index in [1.807, 2.05) is 36.4 Å². The molecule has 1 atom stereocenters. The van der Waals surface area contributed by atoms with Crippen molar-refractivity contribution in [3.8, 4) is 0 Å². The molecule has 0 aliphatic carbocycles. The predicted molar refractivity (Wildman–Crippen MR) is 102 cm³/mol. The highest BCUT2D eigenvalue weighted by Crippen LogP contribution is 2.37. The lowest BCUT2D eigenvalue weighted by Gasteiger charge is -2.44. The summed E-state index contributed by atoms with van der Waals surface area (Å²) < 4.78 is 6.55. The van der Waals surface area contributed by atoms with Gasteiger partial charge in [-0.3, -0.25) is 4.79 Å². The van der Waals surface area contributed by atoms with Gasteiger partial charge in [0.05, 0.1) is 0 Å². The van der Waals surface area contributed by atoms with Crippen LogP contribution in [0.15, 0.2) is 60.7 Å². The molecular formula is C19H24O2SSi. The van der Waals surface area contributed by atoms with Crippen LogP contribution in [0, 0.1) is 0 Å². The van der Waals surface area contributed by atoms with Crippen LogP contribution in [0.5, 0.6) is 0 Å². The fourth-order valence-corrected chi connectivity index (χ4v) is 7.81. The van der Waals surface area contributed by atoms with Gasteiger partial charge < -0.3 is 4.43 Å². The molecule has 0 amide bonds. The highest BCUT2D eigenvalue weighted by molar-refractivity contribution is 7.96. The molecule has 2 nitrogen and oxygen atoms in total. The number of hydrogen-bond acceptors (Lipinski definition) is 2. The maximum atomic E-state index is 11.8. The van der Waals surface area contributed by atoms with Crippen LogP contribution in [0.4, 0.5) is 0 Å². The van der Waals surface area contributed by atoms with Gasteiger partial charge in [0.15, 0.2) is 0 Å². The van der Waals surface area contributed by atoms with Gasteiger partial charge in [-0.2, -0.15) is 0 Å². The van der Waals surface area contributed by atoms with Crippen LogP contribution in [0.25, 0.3) is 0 Å². The van der Waals surface area contributed by atoms with E-state index in [1.54, 1.807) is 6.92 Å². The molecular weight excluding hydrogens is 320 g/mol. The first-order chi connectivity index (χ1) is 10.8. The molecule has 0 saturated heterocycles. The summed E-state index contributed by atoms with van der Waals surface area (Å²) in [7, 11) is -2.64. The average Bonchev–Trinajstić information content (AvgIpc) is 2.52. The lowest BCUT2D eigenvalue weighted by atomic mass is 10.2. The van der Waals surface area contributed by atoms with Crippen LogP contribution < -0.4 is 10.4 Å². The molecule has 0 fully saturated rings. The smallest absolute Gasteiger partial charge is 0.262 e. The van der Waals surface area contributed by atoms with Gasteiger partial charge in [-0.25, -0.2) is 0 Å². The lowest BCUT2D eigenvalue weighted by molar-refractivity contribution is -0.116. The fraction of sp³-hybridized carbons (Fsp3) is 0.316. The van der Waals surface area contributed by atoms with Crippen molar-refractivity contribution in [3.63, 3.8) is 0 Å². The van der Waals surface area contributed by atoms with E-state index in [9.17, 15) is 4.79 Å². The number of benzene rings is 2. The topological polar surface area (TPSA) is 26.3 Å². The Morgan fingerprint density at radius 2 is 1.35 bits per heavy atom. The predicted octanol–water partition coefficient (Wildman–Crippen LogP) is 3.41. The van der Waals surface area contributed by atoms with E-state index in [1.165, 1.54) is 10.4 Å². The van der Waals surface area contributed by atoms with E-state index in [4.69, 9.17) is 4.43 Å². The molecule has 0 spiro atoms. The van der Waals surface area contributed by atoms with Crippen LogP contribution >= 0.6 is 12.6 Å². The summed E-state index contributed by atoms with van der Waals surface area (Å²) in [5.74, 6) is 0. The zero-order valence-corrected chi connectivity index (χ0v) is 16.0. The molecule has 0 bridgehead atoms. The van der Waals surface area contributed by atoms with E-state index in [-0.39, 0.29) is 10.2 Å². The van der Waals surface area contributed by atoms with Gasteiger partial charge in [-0.15, -0.1) is 12.6 Å². The third-order valence-electron chi connectivity index (χ3n) is 4.12. The van der Waals surface area contributed by atoms with E-state index in [0.717, 1.165) is 0 Å². The van der Waals surface area contributed by atoms with E-state index < -0.39 is 14.4 Å². The molecule has 1 unspecified atom stereocenters. The van der Waals surface area contributed by atoms with Gasteiger partial charge in [0, 0.05) is 0 Å². The summed E-state index contributed by atoms with van der Waals surface area (Å²) in [6.45, 7) is 8.35. The maximum absolute atomic E-state index is 11.8. The van der Waals surface area contributed by atoms with Crippen LogP contribution in [0.2, 0.25) is 5.04 Å². The monoisotopic (exact) mass is 344 g/mol. The van der Waals surface area contributed by atoms with Crippen LogP contribution in [0.1, 0.15) is 27.7 Å². The normalized spacial score (nSPS) is 13.6. The van der Waals surface area contributed by atoms with E-state index >= 15 is 0 Å². The number of carbonyl (C=O) groups is 1. The maximum Gasteiger partial charge on any atom is 0.262 e. The van der Waals surface area contributed by atoms with Gasteiger partial charge in [0.25, 0.3) is 8.32 Å². The number of thiol groups is 1. The summed E-state index contributed by atoms with van der Waals surface area (Å²) in [6.07, 6.45) is -0.551. The highest BCUT2D eigenvalue weighted by atomic mass is 32.1. The number of rotatable bonds is 5. The zero-order chi connectivity index (χ0) is 17.1. The molecule has 0 aromatic heterocycles. The summed E-state index contributed by atoms with van der Waals surface area (Å²) >= 11 is 3.98. The quantitative estimate of drug-likeness (QED) is 0.664. The average molecular weight is 345 g/mol. The Labute approximate surface area is 145 Å². The second-order valence-electron chi connectivity index (χ2n) is 6.76. The van der Waals surface area contributed by atoms with Gasteiger partial charge in [-0.05, 0) is 22.3 Å². The van der Waals surface area contributed by atoms with Crippen molar-refractivity contribution in [3.05, 3.63) is 60.7 Å². The second-order valence-corrected chi connectivity index (χ2v) is 11.5. The third kappa shape index (κ3) is 3.60. The molecule has 4 heteroatoms. The van der Waals surface area contributed by atoms with Crippen molar-refractivity contribution in [1.82, 2.24) is 0 Å². The fourth-order valence-electron chi connectivity index (χ4n) is 3.01. The van der Waals surface area contributed by atoms with E-state index in [0.29, 0.717) is 0 Å². The van der Waals surface area contributed by atoms with Crippen molar-refractivity contribution in [2.24, 2.45) is 0 Å². The van der Waals surface area contributed by atoms with E-state index in [2.05, 4.69) is 57.7 Å². The number of carbonyl (C=O) groups excluding carboxylic acids is 1. The Hall–Kier alpha value is -1.36. The minimum atomic E-state index is -2.64. The highest BCUT2D eigenvalue weighted by Gasteiger charge is 2.51. The van der Waals surface area contributed by atoms with Gasteiger partial charge >= 0.3 is 0 Å². The van der Waals surface area contributed by atoms with Crippen molar-refractivity contribution >= 4 is 36.4 Å². The van der Waals surface area contributed by atoms with Crippen LogP contribution in [0.3, 0.4) is 0 Å². The van der Waals surface area contributed by atoms with Gasteiger partial charge in [0.1, 0.15) is 6.10 Å². The Bertz CT molecular complexity index is 611. The molecule has 0 heterocycles. The minimum Gasteiger partial charge on any atom is -0.397 e. The molecule has 0 aliphatic rings. The molecule has 2 aromatic rings. The lowest BCUT2D eigenvalue weighted by Crippen LogP contribution is -2.67. The summed E-state index contributed by atoms with van der Waals surface area (Å²) in [4.78, 5) is 11.8. The standard InChI is InChI=1S/C19H24O2SSi/c1-15(18(20)22)21-23(19(2,3)4,16-11-7-5-8-12-16)17-13-9-6-10-14-17/h5-15H,1-4H3,(H,20,22). The summed E-state index contributed by atoms with van der Waals surface area (Å²) in [5.41, 5.74) is 0. The first-order valence-electron chi connectivity index (χ1n) is 7.80. The number of hydrogen-bond donors (Lipinski definition) is 1. The van der Waals surface area contributed by atoms with Crippen molar-refractivity contribution < 1.29 is 9.22 Å². The molecule has 122 valence electrons. The van der Waals surface area contributed by atoms with Crippen molar-refractivity contribution in [2.45, 2.75) is 38.8 Å². The first kappa shape index (κ1) is 18.0. The van der Waals surface area contributed by atoms with Crippen LogP contribution in [-0.2, 0) is 9.22 Å². The summed E-state index contributed by atoms with van der Waals surface area (Å²) in [5, 5.41) is 1.96. The molecule has 0 saturated carbocycles. The molecule has 2 aromatic carbocycles. The second kappa shape index (κ2) is 7.03. The molecule has 0 N–H and O–H groups in total. The molecule has 0 aliphatic heterocycles. The Morgan fingerprint density at radius 3 is 1.65 bits per heavy atom. The van der Waals surface area contributed by atoms with Gasteiger partial charge in [0.2, 0.25) is 5.12 Å². The van der Waals surface area contributed by atoms with Gasteiger partial charge in [-0.1, -0.05) is 81.4 Å². The zero-order valence-electron chi connectivity index (χ0n) is 14.1. The van der Waals surface area contributed by atoms with Crippen LogP contribution in [-0.4, -0.2) is 19.5 Å². The molecule has 23 heavy (non-hydrogen) atoms. The largest absolute Gasteiger partial charge is 0.397 e. The third-order valence-corrected chi connectivity index (χ3v) is 9.59. The summed E-state index contributed by atoms with van der Waals surface area (Å²) in [6, 6.07) is 20.6. The molecule has 0 radical (unpaired) electrons. The SMILES string of the molecule is CC(O[Si](c1ccccc1)(c1ccccc1)C(C)(C)C)C(=O)S. The van der Waals surface area contributed by atoms with Crippen molar-refractivity contribution in [2.75, 3.05) is 0 Å². The Kier molecular flexibility index (Phi) is 5.50.